The zero-order chi connectivity index (χ0) is 22.6. The number of nitrogen functional groups attached to an aromatic ring is 1. The van der Waals surface area contributed by atoms with Crippen molar-refractivity contribution in [2.24, 2.45) is 16.3 Å². The van der Waals surface area contributed by atoms with E-state index in [2.05, 4.69) is 16.9 Å². The van der Waals surface area contributed by atoms with Crippen molar-refractivity contribution < 1.29 is 14.3 Å². The molecule has 0 bridgehead atoms. The smallest absolute Gasteiger partial charge is 0.142 e. The van der Waals surface area contributed by atoms with Crippen LogP contribution in [0.4, 0.5) is 10.2 Å². The highest BCUT2D eigenvalue weighted by molar-refractivity contribution is 5.91. The van der Waals surface area contributed by atoms with Crippen LogP contribution in [0.2, 0.25) is 0 Å². The molecule has 1 aliphatic carbocycles. The lowest BCUT2D eigenvalue weighted by atomic mass is 9.83. The Labute approximate surface area is 183 Å². The van der Waals surface area contributed by atoms with Gasteiger partial charge < -0.3 is 10.8 Å². The molecule has 0 saturated heterocycles. The van der Waals surface area contributed by atoms with Crippen LogP contribution in [0.15, 0.2) is 35.5 Å². The monoisotopic (exact) mass is 425 g/mol. The van der Waals surface area contributed by atoms with Crippen LogP contribution in [0, 0.1) is 17.2 Å². The minimum Gasteiger partial charge on any atom is -0.394 e. The van der Waals surface area contributed by atoms with Gasteiger partial charge in [0.05, 0.1) is 13.2 Å². The predicted molar refractivity (Wildman–Crippen MR) is 123 cm³/mol. The molecule has 3 N–H and O–H groups in total. The summed E-state index contributed by atoms with van der Waals surface area (Å²) in [5.41, 5.74) is 8.17. The number of rotatable bonds is 10. The van der Waals surface area contributed by atoms with Crippen molar-refractivity contribution in [2.75, 3.05) is 18.9 Å². The van der Waals surface area contributed by atoms with Crippen molar-refractivity contribution in [3.05, 3.63) is 47.4 Å². The van der Waals surface area contributed by atoms with Gasteiger partial charge in [-0.1, -0.05) is 39.3 Å². The van der Waals surface area contributed by atoms with Gasteiger partial charge in [0.25, 0.3) is 0 Å². The Kier molecular flexibility index (Phi) is 7.21. The van der Waals surface area contributed by atoms with Gasteiger partial charge in [0.1, 0.15) is 17.4 Å². The quantitative estimate of drug-likeness (QED) is 0.537. The number of pyridine rings is 1. The highest BCUT2D eigenvalue weighted by Crippen LogP contribution is 2.64. The number of hydrogen-bond donors (Lipinski definition) is 2. The molecular weight excluding hydrogens is 393 g/mol. The van der Waals surface area contributed by atoms with E-state index in [1.165, 1.54) is 6.07 Å². The van der Waals surface area contributed by atoms with E-state index in [1.54, 1.807) is 12.4 Å². The molecule has 0 amide bonds. The van der Waals surface area contributed by atoms with Crippen molar-refractivity contribution in [1.29, 1.82) is 0 Å². The fraction of sp³-hybridized carbons (Fsp3) is 0.480. The molecule has 0 aliphatic heterocycles. The fourth-order valence-corrected chi connectivity index (χ4v) is 4.47. The zero-order valence-corrected chi connectivity index (χ0v) is 18.6. The SMILES string of the molecule is CCCC1(C(=O)C(C)CC)CC1c1ccc(-c2cnc(N)c(C=NCCO)c2)cc1F. The van der Waals surface area contributed by atoms with E-state index in [0.717, 1.165) is 31.2 Å². The van der Waals surface area contributed by atoms with Crippen molar-refractivity contribution in [3.8, 4) is 11.1 Å². The Morgan fingerprint density at radius 2 is 2.16 bits per heavy atom. The molecule has 3 atom stereocenters. The Morgan fingerprint density at radius 1 is 1.39 bits per heavy atom. The number of ketones is 1. The number of aliphatic imine (C=N–C) groups is 1. The molecule has 5 nitrogen and oxygen atoms in total. The molecule has 6 heteroatoms. The molecular formula is C25H32FN3O2. The van der Waals surface area contributed by atoms with Crippen LogP contribution in [0.25, 0.3) is 11.1 Å². The minimum absolute atomic E-state index is 0.00524. The van der Waals surface area contributed by atoms with Crippen LogP contribution in [0.1, 0.15) is 63.5 Å². The van der Waals surface area contributed by atoms with Crippen molar-refractivity contribution in [2.45, 2.75) is 52.4 Å². The molecule has 1 aliphatic rings. The number of halogens is 1. The Morgan fingerprint density at radius 3 is 2.81 bits per heavy atom. The normalized spacial score (nSPS) is 21.4. The second-order valence-corrected chi connectivity index (χ2v) is 8.53. The molecule has 1 heterocycles. The van der Waals surface area contributed by atoms with Crippen LogP contribution < -0.4 is 5.73 Å². The molecule has 1 fully saturated rings. The van der Waals surface area contributed by atoms with Gasteiger partial charge in [0.2, 0.25) is 0 Å². The summed E-state index contributed by atoms with van der Waals surface area (Å²) in [5.74, 6) is 0.275. The van der Waals surface area contributed by atoms with Gasteiger partial charge in [0, 0.05) is 40.8 Å². The number of Topliss-reactive ketones (excluding diaryl/α,β-unsaturated/α-hetero) is 1. The largest absolute Gasteiger partial charge is 0.394 e. The summed E-state index contributed by atoms with van der Waals surface area (Å²) in [7, 11) is 0. The molecule has 1 saturated carbocycles. The maximum atomic E-state index is 15.2. The molecule has 31 heavy (non-hydrogen) atoms. The number of anilines is 1. The van der Waals surface area contributed by atoms with Crippen molar-refractivity contribution in [3.63, 3.8) is 0 Å². The third-order valence-corrected chi connectivity index (χ3v) is 6.44. The second-order valence-electron chi connectivity index (χ2n) is 8.53. The maximum absolute atomic E-state index is 15.2. The summed E-state index contributed by atoms with van der Waals surface area (Å²) >= 11 is 0. The Hall–Kier alpha value is -2.60. The zero-order valence-electron chi connectivity index (χ0n) is 18.6. The van der Waals surface area contributed by atoms with Gasteiger partial charge in [0.15, 0.2) is 0 Å². The van der Waals surface area contributed by atoms with Crippen molar-refractivity contribution >= 4 is 17.8 Å². The van der Waals surface area contributed by atoms with Crippen LogP contribution in [-0.2, 0) is 4.79 Å². The van der Waals surface area contributed by atoms with E-state index in [4.69, 9.17) is 10.8 Å². The van der Waals surface area contributed by atoms with Gasteiger partial charge >= 0.3 is 0 Å². The number of carbonyl (C=O) groups excluding carboxylic acids is 1. The van der Waals surface area contributed by atoms with Gasteiger partial charge in [-0.15, -0.1) is 0 Å². The molecule has 0 spiro atoms. The van der Waals surface area contributed by atoms with Crippen LogP contribution in [0.3, 0.4) is 0 Å². The number of carbonyl (C=O) groups is 1. The minimum atomic E-state index is -0.411. The van der Waals surface area contributed by atoms with Crippen LogP contribution in [-0.4, -0.2) is 35.2 Å². The molecule has 3 rings (SSSR count). The van der Waals surface area contributed by atoms with E-state index in [1.807, 2.05) is 32.0 Å². The lowest BCUT2D eigenvalue weighted by Crippen LogP contribution is -2.24. The number of aliphatic hydroxyl groups excluding tert-OH is 1. The number of nitrogens with two attached hydrogens (primary N) is 1. The highest BCUT2D eigenvalue weighted by atomic mass is 19.1. The molecule has 2 aromatic rings. The lowest BCUT2D eigenvalue weighted by Gasteiger charge is -2.20. The molecule has 0 radical (unpaired) electrons. The fourth-order valence-electron chi connectivity index (χ4n) is 4.47. The number of benzene rings is 1. The van der Waals surface area contributed by atoms with Gasteiger partial charge in [-0.05, 0) is 42.5 Å². The third kappa shape index (κ3) is 4.69. The lowest BCUT2D eigenvalue weighted by molar-refractivity contribution is -0.128. The van der Waals surface area contributed by atoms with Gasteiger partial charge in [-0.3, -0.25) is 9.79 Å². The van der Waals surface area contributed by atoms with Crippen molar-refractivity contribution in [1.82, 2.24) is 4.98 Å². The molecule has 166 valence electrons. The standard InChI is InChI=1S/C25H32FN3O2/c1-4-8-25(23(31)16(3)5-2)13-21(25)20-7-6-17(12-22(20)26)18-11-19(14-28-9-10-30)24(27)29-15-18/h6-7,11-12,14-16,21,30H,4-5,8-10,13H2,1-3H3,(H2,27,29). The summed E-state index contributed by atoms with van der Waals surface area (Å²) in [4.78, 5) is 21.3. The van der Waals surface area contributed by atoms with E-state index >= 15 is 4.39 Å². The Balaban J connectivity index is 1.87. The average molecular weight is 426 g/mol. The summed E-state index contributed by atoms with van der Waals surface area (Å²) in [6.45, 7) is 6.32. The van der Waals surface area contributed by atoms with Crippen LogP contribution >= 0.6 is 0 Å². The van der Waals surface area contributed by atoms with E-state index in [9.17, 15) is 4.79 Å². The van der Waals surface area contributed by atoms with Gasteiger partial charge in [-0.25, -0.2) is 9.37 Å². The first-order chi connectivity index (χ1) is 14.9. The summed E-state index contributed by atoms with van der Waals surface area (Å²) in [6.07, 6.45) is 6.44. The third-order valence-electron chi connectivity index (χ3n) is 6.44. The van der Waals surface area contributed by atoms with E-state index < -0.39 is 5.41 Å². The molecule has 1 aromatic heterocycles. The first kappa shape index (κ1) is 23.1. The van der Waals surface area contributed by atoms with E-state index in [0.29, 0.717) is 22.5 Å². The molecule has 1 aromatic carbocycles. The second kappa shape index (κ2) is 9.69. The van der Waals surface area contributed by atoms with Crippen LogP contribution in [0.5, 0.6) is 0 Å². The maximum Gasteiger partial charge on any atom is 0.142 e. The average Bonchev–Trinajstić information content (AvgIpc) is 3.49. The van der Waals surface area contributed by atoms with Gasteiger partial charge in [-0.2, -0.15) is 0 Å². The first-order valence-corrected chi connectivity index (χ1v) is 11.1. The number of aliphatic hydroxyl groups is 1. The molecule has 3 unspecified atom stereocenters. The highest BCUT2D eigenvalue weighted by Gasteiger charge is 2.60. The Bertz CT molecular complexity index is 975. The number of hydrogen-bond acceptors (Lipinski definition) is 5. The topological polar surface area (TPSA) is 88.6 Å². The summed E-state index contributed by atoms with van der Waals surface area (Å²) < 4.78 is 15.2. The number of aromatic nitrogens is 1. The predicted octanol–water partition coefficient (Wildman–Crippen LogP) is 4.77. The van der Waals surface area contributed by atoms with E-state index in [-0.39, 0.29) is 36.6 Å². The summed E-state index contributed by atoms with van der Waals surface area (Å²) in [6, 6.07) is 7.01. The first-order valence-electron chi connectivity index (χ1n) is 11.1. The number of nitrogens with zero attached hydrogens (tertiary/aromatic N) is 2. The summed E-state index contributed by atoms with van der Waals surface area (Å²) in [5, 5.41) is 8.88.